The number of hydrogen-bond acceptors (Lipinski definition) is 4. The third-order valence-corrected chi connectivity index (χ3v) is 3.35. The molecule has 2 rings (SSSR count). The Balaban J connectivity index is 2.10. The van der Waals surface area contributed by atoms with Crippen LogP contribution in [0.2, 0.25) is 0 Å². The summed E-state index contributed by atoms with van der Waals surface area (Å²) in [6.45, 7) is 5.53. The highest BCUT2D eigenvalue weighted by Crippen LogP contribution is 2.41. The lowest BCUT2D eigenvalue weighted by Crippen LogP contribution is -2.36. The molecule has 0 radical (unpaired) electrons. The predicted octanol–water partition coefficient (Wildman–Crippen LogP) is 3.21. The van der Waals surface area contributed by atoms with Crippen molar-refractivity contribution in [2.24, 2.45) is 5.92 Å². The summed E-state index contributed by atoms with van der Waals surface area (Å²) >= 11 is 3.38. The minimum absolute atomic E-state index is 0.141. The lowest BCUT2D eigenvalue weighted by Gasteiger charge is -2.23. The Morgan fingerprint density at radius 1 is 1.42 bits per heavy atom. The van der Waals surface area contributed by atoms with Crippen molar-refractivity contribution in [3.8, 4) is 0 Å². The molecule has 0 bridgehead atoms. The molecule has 1 N–H and O–H groups in total. The number of halogens is 1. The van der Waals surface area contributed by atoms with Gasteiger partial charge in [-0.25, -0.2) is 9.78 Å². The van der Waals surface area contributed by atoms with E-state index in [0.717, 1.165) is 18.5 Å². The Labute approximate surface area is 121 Å². The molecule has 1 unspecified atom stereocenters. The fourth-order valence-corrected chi connectivity index (χ4v) is 2.28. The standard InChI is InChI=1S/C13H18BrN3O2/c1-13(2,3)19-12(18)17-9(8-4-5-8)10-11(14)16-7-6-15-10/h6-9H,4-5H2,1-3H3,(H,17,18). The number of alkyl carbamates (subject to hydrolysis) is 1. The number of carbonyl (C=O) groups excluding carboxylic acids is 1. The van der Waals surface area contributed by atoms with Gasteiger partial charge >= 0.3 is 6.09 Å². The molecule has 1 saturated carbocycles. The van der Waals surface area contributed by atoms with Crippen LogP contribution in [0.5, 0.6) is 0 Å². The van der Waals surface area contributed by atoms with Gasteiger partial charge < -0.3 is 10.1 Å². The lowest BCUT2D eigenvalue weighted by atomic mass is 10.1. The van der Waals surface area contributed by atoms with Crippen LogP contribution in [0.25, 0.3) is 0 Å². The zero-order valence-electron chi connectivity index (χ0n) is 11.3. The number of rotatable bonds is 3. The summed E-state index contributed by atoms with van der Waals surface area (Å²) in [5.74, 6) is 0.417. The number of nitrogens with one attached hydrogen (secondary N) is 1. The maximum absolute atomic E-state index is 11.9. The number of aromatic nitrogens is 2. The molecule has 0 spiro atoms. The monoisotopic (exact) mass is 327 g/mol. The molecule has 0 saturated heterocycles. The predicted molar refractivity (Wildman–Crippen MR) is 74.6 cm³/mol. The van der Waals surface area contributed by atoms with Gasteiger partial charge in [0, 0.05) is 12.4 Å². The van der Waals surface area contributed by atoms with Gasteiger partial charge in [0.25, 0.3) is 0 Å². The van der Waals surface area contributed by atoms with E-state index in [0.29, 0.717) is 10.5 Å². The highest BCUT2D eigenvalue weighted by molar-refractivity contribution is 9.10. The maximum Gasteiger partial charge on any atom is 0.408 e. The number of ether oxygens (including phenoxy) is 1. The van der Waals surface area contributed by atoms with Gasteiger partial charge in [0.15, 0.2) is 0 Å². The van der Waals surface area contributed by atoms with Crippen molar-refractivity contribution in [3.63, 3.8) is 0 Å². The van der Waals surface area contributed by atoms with Gasteiger partial charge in [0.2, 0.25) is 0 Å². The third kappa shape index (κ3) is 4.16. The summed E-state index contributed by atoms with van der Waals surface area (Å²) in [4.78, 5) is 20.4. The van der Waals surface area contributed by atoms with E-state index < -0.39 is 11.7 Å². The highest BCUT2D eigenvalue weighted by atomic mass is 79.9. The van der Waals surface area contributed by atoms with Crippen molar-refractivity contribution in [2.75, 3.05) is 0 Å². The number of amides is 1. The van der Waals surface area contributed by atoms with Crippen molar-refractivity contribution in [1.29, 1.82) is 0 Å². The minimum Gasteiger partial charge on any atom is -0.444 e. The van der Waals surface area contributed by atoms with E-state index in [-0.39, 0.29) is 6.04 Å². The van der Waals surface area contributed by atoms with E-state index in [1.807, 2.05) is 20.8 Å². The molecular formula is C13H18BrN3O2. The Morgan fingerprint density at radius 3 is 2.58 bits per heavy atom. The molecule has 104 valence electrons. The van der Waals surface area contributed by atoms with E-state index in [2.05, 4.69) is 31.2 Å². The van der Waals surface area contributed by atoms with Gasteiger partial charge in [-0.2, -0.15) is 0 Å². The molecule has 1 fully saturated rings. The molecule has 0 aliphatic heterocycles. The average molecular weight is 328 g/mol. The van der Waals surface area contributed by atoms with E-state index in [4.69, 9.17) is 4.74 Å². The van der Waals surface area contributed by atoms with Gasteiger partial charge in [-0.15, -0.1) is 0 Å². The van der Waals surface area contributed by atoms with Gasteiger partial charge in [-0.3, -0.25) is 4.98 Å². The maximum atomic E-state index is 11.9. The van der Waals surface area contributed by atoms with Gasteiger partial charge in [0.05, 0.1) is 11.7 Å². The topological polar surface area (TPSA) is 64.1 Å². The van der Waals surface area contributed by atoms with Crippen LogP contribution >= 0.6 is 15.9 Å². The molecule has 1 amide bonds. The largest absolute Gasteiger partial charge is 0.444 e. The summed E-state index contributed by atoms with van der Waals surface area (Å²) in [6, 6.07) is -0.141. The van der Waals surface area contributed by atoms with Crippen LogP contribution in [0.4, 0.5) is 4.79 Å². The molecule has 1 aromatic heterocycles. The zero-order valence-corrected chi connectivity index (χ0v) is 12.9. The Kier molecular flexibility index (Phi) is 4.08. The van der Waals surface area contributed by atoms with Crippen molar-refractivity contribution in [3.05, 3.63) is 22.7 Å². The Hall–Kier alpha value is -1.17. The van der Waals surface area contributed by atoms with Crippen molar-refractivity contribution in [2.45, 2.75) is 45.3 Å². The van der Waals surface area contributed by atoms with Crippen LogP contribution in [0, 0.1) is 5.92 Å². The van der Waals surface area contributed by atoms with Crippen molar-refractivity contribution < 1.29 is 9.53 Å². The fraction of sp³-hybridized carbons (Fsp3) is 0.615. The third-order valence-electron chi connectivity index (χ3n) is 2.74. The molecule has 1 aliphatic rings. The second-order valence-electron chi connectivity index (χ2n) is 5.69. The number of carbonyl (C=O) groups is 1. The summed E-state index contributed by atoms with van der Waals surface area (Å²) in [5.41, 5.74) is 0.258. The first-order valence-electron chi connectivity index (χ1n) is 6.33. The highest BCUT2D eigenvalue weighted by Gasteiger charge is 2.36. The van der Waals surface area contributed by atoms with Crippen LogP contribution in [0.1, 0.15) is 45.3 Å². The number of nitrogens with zero attached hydrogens (tertiary/aromatic N) is 2. The summed E-state index contributed by atoms with van der Waals surface area (Å²) in [5, 5.41) is 2.90. The molecule has 1 aromatic rings. The van der Waals surface area contributed by atoms with Crippen LogP contribution in [-0.2, 0) is 4.74 Å². The minimum atomic E-state index is -0.502. The van der Waals surface area contributed by atoms with Crippen molar-refractivity contribution >= 4 is 22.0 Å². The second-order valence-corrected chi connectivity index (χ2v) is 6.44. The normalized spacial score (nSPS) is 16.8. The smallest absolute Gasteiger partial charge is 0.408 e. The second kappa shape index (κ2) is 5.45. The SMILES string of the molecule is CC(C)(C)OC(=O)NC(c1nccnc1Br)C1CC1. The molecule has 5 nitrogen and oxygen atoms in total. The molecule has 6 heteroatoms. The van der Waals surface area contributed by atoms with Crippen LogP contribution in [-0.4, -0.2) is 21.7 Å². The Bertz CT molecular complexity index is 469. The van der Waals surface area contributed by atoms with Crippen LogP contribution in [0.15, 0.2) is 17.0 Å². The van der Waals surface area contributed by atoms with Crippen LogP contribution in [0.3, 0.4) is 0 Å². The lowest BCUT2D eigenvalue weighted by molar-refractivity contribution is 0.0495. The van der Waals surface area contributed by atoms with Gasteiger partial charge in [0.1, 0.15) is 10.2 Å². The summed E-state index contributed by atoms with van der Waals surface area (Å²) < 4.78 is 5.96. The Morgan fingerprint density at radius 2 is 2.05 bits per heavy atom. The van der Waals surface area contributed by atoms with E-state index in [1.54, 1.807) is 12.4 Å². The number of hydrogen-bond donors (Lipinski definition) is 1. The summed E-state index contributed by atoms with van der Waals surface area (Å²) in [6.07, 6.45) is 5.01. The van der Waals surface area contributed by atoms with Gasteiger partial charge in [-0.05, 0) is 55.5 Å². The molecule has 1 heterocycles. The molecular weight excluding hydrogens is 310 g/mol. The first kappa shape index (κ1) is 14.2. The molecule has 0 aromatic carbocycles. The van der Waals surface area contributed by atoms with Crippen LogP contribution < -0.4 is 5.32 Å². The van der Waals surface area contributed by atoms with E-state index in [1.165, 1.54) is 0 Å². The zero-order chi connectivity index (χ0) is 14.0. The molecule has 1 aliphatic carbocycles. The van der Waals surface area contributed by atoms with Gasteiger partial charge in [-0.1, -0.05) is 0 Å². The quantitative estimate of drug-likeness (QED) is 0.925. The fourth-order valence-electron chi connectivity index (χ4n) is 1.81. The van der Waals surface area contributed by atoms with E-state index >= 15 is 0 Å². The average Bonchev–Trinajstić information content (AvgIpc) is 3.08. The molecule has 19 heavy (non-hydrogen) atoms. The first-order chi connectivity index (χ1) is 8.87. The summed E-state index contributed by atoms with van der Waals surface area (Å²) in [7, 11) is 0. The molecule has 1 atom stereocenters. The first-order valence-corrected chi connectivity index (χ1v) is 7.12. The van der Waals surface area contributed by atoms with E-state index in [9.17, 15) is 4.79 Å². The van der Waals surface area contributed by atoms with Crippen molar-refractivity contribution in [1.82, 2.24) is 15.3 Å².